The van der Waals surface area contributed by atoms with E-state index in [4.69, 9.17) is 9.47 Å². The molecule has 1 amide bonds. The number of hydrogen-bond acceptors (Lipinski definition) is 7. The molecule has 1 N–H and O–H groups in total. The Bertz CT molecular complexity index is 1010. The predicted molar refractivity (Wildman–Crippen MR) is 130 cm³/mol. The van der Waals surface area contributed by atoms with Gasteiger partial charge in [0.2, 0.25) is 5.91 Å². The molecule has 0 aromatic heterocycles. The van der Waals surface area contributed by atoms with Crippen LogP contribution in [0.4, 0.5) is 11.4 Å². The molecule has 2 aromatic carbocycles. The number of sulfone groups is 1. The Hall–Kier alpha value is -2.62. The number of morpholine rings is 1. The van der Waals surface area contributed by atoms with E-state index in [-0.39, 0.29) is 10.8 Å². The molecule has 180 valence electrons. The fourth-order valence-corrected chi connectivity index (χ4v) is 4.18. The van der Waals surface area contributed by atoms with Gasteiger partial charge in [0, 0.05) is 50.2 Å². The fraction of sp³-hybridized carbons (Fsp3) is 0.458. The van der Waals surface area contributed by atoms with Crippen molar-refractivity contribution in [2.45, 2.75) is 17.7 Å². The largest absolute Gasteiger partial charge is 0.494 e. The third-order valence-electron chi connectivity index (χ3n) is 5.43. The van der Waals surface area contributed by atoms with Gasteiger partial charge in [-0.05, 0) is 55.9 Å². The molecule has 1 aliphatic rings. The van der Waals surface area contributed by atoms with Crippen LogP contribution in [0.2, 0.25) is 0 Å². The van der Waals surface area contributed by atoms with Crippen LogP contribution in [-0.4, -0.2) is 78.5 Å². The van der Waals surface area contributed by atoms with Crippen LogP contribution in [0.15, 0.2) is 53.4 Å². The molecule has 0 spiro atoms. The number of carbonyl (C=O) groups is 1. The average molecular weight is 476 g/mol. The Balaban J connectivity index is 1.32. The number of hydrogen-bond donors (Lipinski definition) is 1. The SMILES string of the molecule is CN(CCCOc1cccc(S(C)(=O)=O)c1)CCC(=O)Nc1ccc(N2CCOCC2)cc1. The van der Waals surface area contributed by atoms with Crippen molar-refractivity contribution < 1.29 is 22.7 Å². The van der Waals surface area contributed by atoms with E-state index in [0.29, 0.717) is 25.3 Å². The summed E-state index contributed by atoms with van der Waals surface area (Å²) in [6.45, 7) is 5.14. The second kappa shape index (κ2) is 12.0. The maximum atomic E-state index is 12.3. The van der Waals surface area contributed by atoms with Gasteiger partial charge < -0.3 is 24.6 Å². The van der Waals surface area contributed by atoms with E-state index in [1.165, 1.54) is 12.3 Å². The summed E-state index contributed by atoms with van der Waals surface area (Å²) in [4.78, 5) is 16.9. The molecule has 0 atom stereocenters. The monoisotopic (exact) mass is 475 g/mol. The third-order valence-corrected chi connectivity index (χ3v) is 6.54. The zero-order valence-corrected chi connectivity index (χ0v) is 20.1. The molecule has 9 heteroatoms. The molecule has 0 saturated carbocycles. The molecule has 1 saturated heterocycles. The Labute approximate surface area is 196 Å². The molecular weight excluding hydrogens is 442 g/mol. The zero-order valence-electron chi connectivity index (χ0n) is 19.3. The van der Waals surface area contributed by atoms with Crippen LogP contribution in [0.25, 0.3) is 0 Å². The number of anilines is 2. The fourth-order valence-electron chi connectivity index (χ4n) is 3.52. The highest BCUT2D eigenvalue weighted by Crippen LogP contribution is 2.19. The van der Waals surface area contributed by atoms with Crippen molar-refractivity contribution in [3.05, 3.63) is 48.5 Å². The molecule has 3 rings (SSSR count). The zero-order chi connectivity index (χ0) is 23.7. The lowest BCUT2D eigenvalue weighted by Crippen LogP contribution is -2.36. The molecule has 1 fully saturated rings. The van der Waals surface area contributed by atoms with Gasteiger partial charge in [-0.2, -0.15) is 0 Å². The predicted octanol–water partition coefficient (Wildman–Crippen LogP) is 2.66. The second-order valence-electron chi connectivity index (χ2n) is 8.20. The first-order chi connectivity index (χ1) is 15.8. The highest BCUT2D eigenvalue weighted by Gasteiger charge is 2.12. The molecule has 0 bridgehead atoms. The molecule has 1 aliphatic heterocycles. The van der Waals surface area contributed by atoms with Gasteiger partial charge in [-0.15, -0.1) is 0 Å². The maximum absolute atomic E-state index is 12.3. The first-order valence-electron chi connectivity index (χ1n) is 11.2. The van der Waals surface area contributed by atoms with Gasteiger partial charge in [-0.1, -0.05) is 6.07 Å². The van der Waals surface area contributed by atoms with E-state index in [1.807, 2.05) is 31.3 Å². The van der Waals surface area contributed by atoms with Crippen LogP contribution in [-0.2, 0) is 19.4 Å². The van der Waals surface area contributed by atoms with E-state index >= 15 is 0 Å². The summed E-state index contributed by atoms with van der Waals surface area (Å²) in [5.41, 5.74) is 1.94. The molecule has 0 unspecified atom stereocenters. The lowest BCUT2D eigenvalue weighted by molar-refractivity contribution is -0.116. The van der Waals surface area contributed by atoms with E-state index < -0.39 is 9.84 Å². The Morgan fingerprint density at radius 1 is 1.12 bits per heavy atom. The van der Waals surface area contributed by atoms with Crippen molar-refractivity contribution in [2.24, 2.45) is 0 Å². The summed E-state index contributed by atoms with van der Waals surface area (Å²) in [6, 6.07) is 14.4. The second-order valence-corrected chi connectivity index (χ2v) is 10.2. The highest BCUT2D eigenvalue weighted by atomic mass is 32.2. The van der Waals surface area contributed by atoms with Gasteiger partial charge in [0.15, 0.2) is 9.84 Å². The molecule has 8 nitrogen and oxygen atoms in total. The Morgan fingerprint density at radius 2 is 1.85 bits per heavy atom. The summed E-state index contributed by atoms with van der Waals surface area (Å²) in [6.07, 6.45) is 2.35. The van der Waals surface area contributed by atoms with Crippen LogP contribution in [0.5, 0.6) is 5.75 Å². The number of carbonyl (C=O) groups excluding carboxylic acids is 1. The minimum absolute atomic E-state index is 0.0187. The van der Waals surface area contributed by atoms with Crippen molar-refractivity contribution in [1.29, 1.82) is 0 Å². The van der Waals surface area contributed by atoms with Crippen LogP contribution in [0.1, 0.15) is 12.8 Å². The molecule has 0 aliphatic carbocycles. The van der Waals surface area contributed by atoms with Crippen molar-refractivity contribution in [3.63, 3.8) is 0 Å². The summed E-state index contributed by atoms with van der Waals surface area (Å²) >= 11 is 0. The van der Waals surface area contributed by atoms with Crippen molar-refractivity contribution in [2.75, 3.05) is 69.5 Å². The van der Waals surface area contributed by atoms with Gasteiger partial charge in [0.25, 0.3) is 0 Å². The molecule has 1 heterocycles. The summed E-state index contributed by atoms with van der Waals surface area (Å²) in [5, 5.41) is 2.95. The number of nitrogens with zero attached hydrogens (tertiary/aromatic N) is 2. The quantitative estimate of drug-likeness (QED) is 0.500. The van der Waals surface area contributed by atoms with E-state index in [1.54, 1.807) is 18.2 Å². The third kappa shape index (κ3) is 8.34. The van der Waals surface area contributed by atoms with Crippen molar-refractivity contribution in [1.82, 2.24) is 4.90 Å². The van der Waals surface area contributed by atoms with E-state index in [2.05, 4.69) is 15.1 Å². The van der Waals surface area contributed by atoms with E-state index in [9.17, 15) is 13.2 Å². The summed E-state index contributed by atoms with van der Waals surface area (Å²) < 4.78 is 34.3. The maximum Gasteiger partial charge on any atom is 0.225 e. The van der Waals surface area contributed by atoms with Gasteiger partial charge >= 0.3 is 0 Å². The van der Waals surface area contributed by atoms with E-state index in [0.717, 1.165) is 50.6 Å². The van der Waals surface area contributed by atoms with Crippen LogP contribution >= 0.6 is 0 Å². The number of ether oxygens (including phenoxy) is 2. The summed E-state index contributed by atoms with van der Waals surface area (Å²) in [7, 11) is -1.28. The normalized spacial score (nSPS) is 14.3. The highest BCUT2D eigenvalue weighted by molar-refractivity contribution is 7.90. The number of nitrogens with one attached hydrogen (secondary N) is 1. The lowest BCUT2D eigenvalue weighted by atomic mass is 10.2. The average Bonchev–Trinajstić information content (AvgIpc) is 2.81. The first kappa shape index (κ1) is 25.0. The van der Waals surface area contributed by atoms with Gasteiger partial charge in [-0.3, -0.25) is 4.79 Å². The lowest BCUT2D eigenvalue weighted by Gasteiger charge is -2.28. The number of amides is 1. The summed E-state index contributed by atoms with van der Waals surface area (Å²) in [5.74, 6) is 0.523. The minimum Gasteiger partial charge on any atom is -0.494 e. The van der Waals surface area contributed by atoms with Crippen LogP contribution in [0.3, 0.4) is 0 Å². The molecule has 0 radical (unpaired) electrons. The molecular formula is C24H33N3O5S. The van der Waals surface area contributed by atoms with Gasteiger partial charge in [0.05, 0.1) is 24.7 Å². The molecule has 33 heavy (non-hydrogen) atoms. The first-order valence-corrected chi connectivity index (χ1v) is 13.0. The number of rotatable bonds is 11. The van der Waals surface area contributed by atoms with Crippen LogP contribution < -0.4 is 15.0 Å². The standard InChI is InChI=1S/C24H33N3O5S/c1-26(12-4-16-32-22-5-3-6-23(19-22)33(2,29)30)13-11-24(28)25-20-7-9-21(10-8-20)27-14-17-31-18-15-27/h3,5-10,19H,4,11-18H2,1-2H3,(H,25,28). The van der Waals surface area contributed by atoms with Gasteiger partial charge in [0.1, 0.15) is 5.75 Å². The minimum atomic E-state index is -3.25. The Morgan fingerprint density at radius 3 is 2.55 bits per heavy atom. The molecule has 2 aromatic rings. The van der Waals surface area contributed by atoms with Crippen molar-refractivity contribution >= 4 is 27.1 Å². The number of benzene rings is 2. The smallest absolute Gasteiger partial charge is 0.225 e. The topological polar surface area (TPSA) is 88.2 Å². The van der Waals surface area contributed by atoms with Gasteiger partial charge in [-0.25, -0.2) is 8.42 Å². The van der Waals surface area contributed by atoms with Crippen LogP contribution in [0, 0.1) is 0 Å². The Kier molecular flexibility index (Phi) is 9.11. The van der Waals surface area contributed by atoms with Crippen molar-refractivity contribution in [3.8, 4) is 5.75 Å².